The monoisotopic (exact) mass is 169 g/mol. The Bertz CT molecular complexity index is 205. The van der Waals surface area contributed by atoms with Gasteiger partial charge in [-0.1, -0.05) is 6.58 Å². The zero-order valence-corrected chi connectivity index (χ0v) is 6.63. The number of nitriles is 1. The van der Waals surface area contributed by atoms with Crippen LogP contribution in [-0.2, 0) is 9.53 Å². The molecular weight excluding hydrogens is 162 g/mol. The van der Waals surface area contributed by atoms with Crippen molar-refractivity contribution < 1.29 is 9.53 Å². The van der Waals surface area contributed by atoms with Crippen molar-refractivity contribution in [3.8, 4) is 5.40 Å². The minimum absolute atomic E-state index is 0.180. The number of rotatable bonds is 4. The molecule has 0 aromatic carbocycles. The molecule has 0 saturated heterocycles. The maximum Gasteiger partial charge on any atom is 0.330 e. The van der Waals surface area contributed by atoms with E-state index in [1.807, 2.05) is 5.40 Å². The van der Waals surface area contributed by atoms with Crippen molar-refractivity contribution in [1.82, 2.24) is 0 Å². The van der Waals surface area contributed by atoms with E-state index >= 15 is 0 Å². The van der Waals surface area contributed by atoms with Crippen LogP contribution in [0.4, 0.5) is 0 Å². The number of carbonyl (C=O) groups is 1. The smallest absolute Gasteiger partial charge is 0.330 e. The first-order valence-electron chi connectivity index (χ1n) is 2.80. The van der Waals surface area contributed by atoms with Crippen LogP contribution in [0.25, 0.3) is 0 Å². The van der Waals surface area contributed by atoms with E-state index < -0.39 is 5.97 Å². The number of thioether (sulfide) groups is 1. The molecule has 3 nitrogen and oxygen atoms in total. The zero-order chi connectivity index (χ0) is 8.53. The molecule has 0 bridgehead atoms. The van der Waals surface area contributed by atoms with E-state index in [2.05, 4.69) is 11.3 Å². The second kappa shape index (κ2) is 6.90. The number of hydrogen-bond acceptors (Lipinski definition) is 4. The largest absolute Gasteiger partial charge is 0.458 e. The van der Waals surface area contributed by atoms with Crippen LogP contribution in [0.1, 0.15) is 0 Å². The molecule has 0 saturated carbocycles. The molecule has 11 heavy (non-hydrogen) atoms. The summed E-state index contributed by atoms with van der Waals surface area (Å²) in [6.45, 7) is 3.40. The molecule has 4 heteroatoms. The van der Waals surface area contributed by atoms with Gasteiger partial charge in [0.05, 0.1) is 0 Å². The lowest BCUT2D eigenvalue weighted by molar-refractivity contribution is -0.136. The highest BCUT2D eigenvalue weighted by Crippen LogP contribution is 1.96. The van der Waals surface area contributed by atoms with Crippen molar-refractivity contribution in [3.05, 3.63) is 24.1 Å². The number of esters is 1. The third kappa shape index (κ3) is 6.68. The lowest BCUT2D eigenvalue weighted by atomic mass is 10.6. The number of ether oxygens (including phenoxy) is 1. The summed E-state index contributed by atoms with van der Waals surface area (Å²) >= 11 is 0.975. The van der Waals surface area contributed by atoms with E-state index in [0.29, 0.717) is 0 Å². The Morgan fingerprint density at radius 2 is 2.55 bits per heavy atom. The summed E-state index contributed by atoms with van der Waals surface area (Å²) in [6, 6.07) is 0. The summed E-state index contributed by atoms with van der Waals surface area (Å²) in [5, 5.41) is 11.4. The zero-order valence-electron chi connectivity index (χ0n) is 5.82. The van der Waals surface area contributed by atoms with Crippen LogP contribution in [0.5, 0.6) is 0 Å². The normalized spacial score (nSPS) is 9.00. The van der Waals surface area contributed by atoms with Crippen molar-refractivity contribution in [2.24, 2.45) is 0 Å². The molecule has 58 valence electrons. The Morgan fingerprint density at radius 1 is 1.82 bits per heavy atom. The van der Waals surface area contributed by atoms with Crippen molar-refractivity contribution >= 4 is 17.7 Å². The first-order chi connectivity index (χ1) is 5.31. The van der Waals surface area contributed by atoms with Crippen molar-refractivity contribution in [3.63, 3.8) is 0 Å². The van der Waals surface area contributed by atoms with E-state index in [0.717, 1.165) is 17.8 Å². The van der Waals surface area contributed by atoms with Gasteiger partial charge in [-0.2, -0.15) is 5.26 Å². The summed E-state index contributed by atoms with van der Waals surface area (Å²) in [7, 11) is 0. The molecule has 0 spiro atoms. The lowest BCUT2D eigenvalue weighted by Gasteiger charge is -1.93. The minimum atomic E-state index is -0.461. The van der Waals surface area contributed by atoms with Crippen molar-refractivity contribution in [1.29, 1.82) is 5.26 Å². The van der Waals surface area contributed by atoms with Crippen LogP contribution in [0, 0.1) is 10.7 Å². The topological polar surface area (TPSA) is 50.1 Å². The van der Waals surface area contributed by atoms with Gasteiger partial charge in [0.2, 0.25) is 0 Å². The van der Waals surface area contributed by atoms with E-state index in [9.17, 15) is 4.79 Å². The summed E-state index contributed by atoms with van der Waals surface area (Å²) in [5.74, 6) is -0.461. The van der Waals surface area contributed by atoms with Crippen LogP contribution in [-0.4, -0.2) is 12.6 Å². The average molecular weight is 169 g/mol. The standard InChI is InChI=1S/C7H7NO2S/c1-2-7(9)10-4-3-5-11-6-8/h2-3,5H,1,4H2. The Morgan fingerprint density at radius 3 is 3.09 bits per heavy atom. The van der Waals surface area contributed by atoms with E-state index in [1.54, 1.807) is 11.5 Å². The Balaban J connectivity index is 3.35. The predicted molar refractivity (Wildman–Crippen MR) is 43.5 cm³/mol. The SMILES string of the molecule is C=CC(=O)OCC=CSC#N. The van der Waals surface area contributed by atoms with Crippen molar-refractivity contribution in [2.45, 2.75) is 0 Å². The average Bonchev–Trinajstić information content (AvgIpc) is 2.04. The Kier molecular flexibility index (Phi) is 6.14. The fraction of sp³-hybridized carbons (Fsp3) is 0.143. The molecular formula is C7H7NO2S. The van der Waals surface area contributed by atoms with Crippen LogP contribution in [0.2, 0.25) is 0 Å². The molecule has 0 aliphatic rings. The molecule has 0 heterocycles. The summed E-state index contributed by atoms with van der Waals surface area (Å²) in [5.41, 5.74) is 0. The highest BCUT2D eigenvalue weighted by atomic mass is 32.2. The van der Waals surface area contributed by atoms with Gasteiger partial charge in [-0.3, -0.25) is 0 Å². The molecule has 0 radical (unpaired) electrons. The third-order valence-corrected chi connectivity index (χ3v) is 1.14. The quantitative estimate of drug-likeness (QED) is 0.363. The molecule has 0 unspecified atom stereocenters. The van der Waals surface area contributed by atoms with Gasteiger partial charge >= 0.3 is 5.97 Å². The Hall–Kier alpha value is -1.21. The highest BCUT2D eigenvalue weighted by Gasteiger charge is 1.89. The van der Waals surface area contributed by atoms with Crippen LogP contribution < -0.4 is 0 Å². The van der Waals surface area contributed by atoms with Gasteiger partial charge in [0.1, 0.15) is 12.0 Å². The number of hydrogen-bond donors (Lipinski definition) is 0. The number of nitrogens with zero attached hydrogens (tertiary/aromatic N) is 1. The number of thiocyanates is 1. The molecule has 0 fully saturated rings. The van der Waals surface area contributed by atoms with Gasteiger partial charge in [-0.15, -0.1) is 0 Å². The first-order valence-corrected chi connectivity index (χ1v) is 3.68. The summed E-state index contributed by atoms with van der Waals surface area (Å²) in [4.78, 5) is 10.4. The first kappa shape index (κ1) is 9.79. The molecule has 0 aromatic heterocycles. The minimum Gasteiger partial charge on any atom is -0.458 e. The van der Waals surface area contributed by atoms with Gasteiger partial charge < -0.3 is 4.74 Å². The maximum absolute atomic E-state index is 10.4. The third-order valence-electron chi connectivity index (χ3n) is 0.705. The van der Waals surface area contributed by atoms with Gasteiger partial charge in [0, 0.05) is 6.08 Å². The molecule has 0 aliphatic heterocycles. The van der Waals surface area contributed by atoms with E-state index in [4.69, 9.17) is 5.26 Å². The van der Waals surface area contributed by atoms with Crippen LogP contribution in [0.15, 0.2) is 24.1 Å². The van der Waals surface area contributed by atoms with E-state index in [-0.39, 0.29) is 6.61 Å². The molecule has 0 N–H and O–H groups in total. The second-order valence-corrected chi connectivity index (χ2v) is 2.11. The summed E-state index contributed by atoms with van der Waals surface area (Å²) < 4.78 is 4.57. The molecule has 0 amide bonds. The molecule has 0 aliphatic carbocycles. The molecule has 0 rings (SSSR count). The van der Waals surface area contributed by atoms with Gasteiger partial charge in [0.15, 0.2) is 0 Å². The Labute approximate surface area is 69.3 Å². The van der Waals surface area contributed by atoms with Crippen molar-refractivity contribution in [2.75, 3.05) is 6.61 Å². The van der Waals surface area contributed by atoms with Gasteiger partial charge in [-0.05, 0) is 23.2 Å². The summed E-state index contributed by atoms with van der Waals surface area (Å²) in [6.07, 6.45) is 2.67. The van der Waals surface area contributed by atoms with Gasteiger partial charge in [-0.25, -0.2) is 4.79 Å². The highest BCUT2D eigenvalue weighted by molar-refractivity contribution is 8.06. The fourth-order valence-electron chi connectivity index (χ4n) is 0.307. The number of carbonyl (C=O) groups excluding carboxylic acids is 1. The molecule has 0 aromatic rings. The lowest BCUT2D eigenvalue weighted by Crippen LogP contribution is -1.98. The second-order valence-electron chi connectivity index (χ2n) is 1.42. The molecule has 0 atom stereocenters. The van der Waals surface area contributed by atoms with Gasteiger partial charge in [0.25, 0.3) is 0 Å². The predicted octanol–water partition coefficient (Wildman–Crippen LogP) is 1.44. The van der Waals surface area contributed by atoms with E-state index in [1.165, 1.54) is 0 Å². The van der Waals surface area contributed by atoms with Crippen LogP contribution in [0.3, 0.4) is 0 Å². The fourth-order valence-corrected chi connectivity index (χ4v) is 0.543. The van der Waals surface area contributed by atoms with Crippen LogP contribution >= 0.6 is 11.8 Å². The maximum atomic E-state index is 10.4.